The Balaban J connectivity index is 1.67. The zero-order chi connectivity index (χ0) is 16.9. The van der Waals surface area contributed by atoms with E-state index in [2.05, 4.69) is 20.1 Å². The van der Waals surface area contributed by atoms with Crippen LogP contribution >= 0.6 is 11.8 Å². The Morgan fingerprint density at radius 2 is 2.17 bits per heavy atom. The van der Waals surface area contributed by atoms with Gasteiger partial charge in [-0.15, -0.1) is 10.2 Å². The largest absolute Gasteiger partial charge is 0.465 e. The number of piperidine rings is 1. The quantitative estimate of drug-likeness (QED) is 0.662. The predicted octanol–water partition coefficient (Wildman–Crippen LogP) is 2.36. The Bertz CT molecular complexity index is 710. The standard InChI is InChI=1S/C17H22N4O2S/c1-21-15(13-6-8-18-9-7-13)19-20-17(21)24-11-12-4-3-5-14(10-12)16(22)23-2/h3-5,10,13,18H,6-9,11H2,1-2H3. The molecule has 1 fully saturated rings. The highest BCUT2D eigenvalue weighted by Crippen LogP contribution is 2.27. The van der Waals surface area contributed by atoms with Gasteiger partial charge in [0, 0.05) is 18.7 Å². The summed E-state index contributed by atoms with van der Waals surface area (Å²) in [5.41, 5.74) is 1.64. The van der Waals surface area contributed by atoms with Crippen molar-refractivity contribution >= 4 is 17.7 Å². The molecule has 2 aromatic rings. The summed E-state index contributed by atoms with van der Waals surface area (Å²) in [6.07, 6.45) is 2.22. The summed E-state index contributed by atoms with van der Waals surface area (Å²) in [7, 11) is 3.43. The number of esters is 1. The van der Waals surface area contributed by atoms with Gasteiger partial charge in [0.1, 0.15) is 5.82 Å². The second-order valence-corrected chi connectivity index (χ2v) is 6.85. The molecule has 0 spiro atoms. The monoisotopic (exact) mass is 346 g/mol. The van der Waals surface area contributed by atoms with Gasteiger partial charge in [0.15, 0.2) is 5.16 Å². The molecule has 2 heterocycles. The van der Waals surface area contributed by atoms with Gasteiger partial charge < -0.3 is 14.6 Å². The van der Waals surface area contributed by atoms with Gasteiger partial charge in [-0.05, 0) is 43.6 Å². The van der Waals surface area contributed by atoms with Crippen molar-refractivity contribution in [3.05, 3.63) is 41.2 Å². The molecule has 3 rings (SSSR count). The van der Waals surface area contributed by atoms with Gasteiger partial charge in [-0.3, -0.25) is 0 Å². The van der Waals surface area contributed by atoms with Crippen molar-refractivity contribution in [2.75, 3.05) is 20.2 Å². The third-order valence-electron chi connectivity index (χ3n) is 4.29. The Morgan fingerprint density at radius 3 is 2.92 bits per heavy atom. The molecule has 0 aliphatic carbocycles. The van der Waals surface area contributed by atoms with Crippen LogP contribution in [0.1, 0.15) is 40.5 Å². The lowest BCUT2D eigenvalue weighted by atomic mass is 9.97. The fraction of sp³-hybridized carbons (Fsp3) is 0.471. The van der Waals surface area contributed by atoms with Crippen LogP contribution in [0, 0.1) is 0 Å². The highest BCUT2D eigenvalue weighted by atomic mass is 32.2. The number of aromatic nitrogens is 3. The number of nitrogens with one attached hydrogen (secondary N) is 1. The van der Waals surface area contributed by atoms with Crippen LogP contribution in [0.15, 0.2) is 29.4 Å². The van der Waals surface area contributed by atoms with Crippen molar-refractivity contribution in [3.63, 3.8) is 0 Å². The first-order valence-electron chi connectivity index (χ1n) is 8.09. The Labute approximate surface area is 146 Å². The van der Waals surface area contributed by atoms with Gasteiger partial charge in [0.05, 0.1) is 12.7 Å². The number of thioether (sulfide) groups is 1. The number of rotatable bonds is 5. The average molecular weight is 346 g/mol. The number of hydrogen-bond donors (Lipinski definition) is 1. The number of carbonyl (C=O) groups is 1. The second kappa shape index (κ2) is 7.81. The SMILES string of the molecule is COC(=O)c1cccc(CSc2nnc(C3CCNCC3)n2C)c1. The minimum atomic E-state index is -0.311. The molecule has 7 heteroatoms. The smallest absolute Gasteiger partial charge is 0.337 e. The number of benzene rings is 1. The first-order chi connectivity index (χ1) is 11.7. The third kappa shape index (κ3) is 3.79. The molecule has 6 nitrogen and oxygen atoms in total. The van der Waals surface area contributed by atoms with Gasteiger partial charge in [0.25, 0.3) is 0 Å². The molecule has 0 radical (unpaired) electrons. The van der Waals surface area contributed by atoms with Crippen molar-refractivity contribution in [1.82, 2.24) is 20.1 Å². The molecule has 0 saturated carbocycles. The van der Waals surface area contributed by atoms with E-state index < -0.39 is 0 Å². The van der Waals surface area contributed by atoms with E-state index in [0.717, 1.165) is 48.2 Å². The first kappa shape index (κ1) is 17.0. The number of nitrogens with zero attached hydrogens (tertiary/aromatic N) is 3. The molecular weight excluding hydrogens is 324 g/mol. The van der Waals surface area contributed by atoms with E-state index in [9.17, 15) is 4.79 Å². The molecule has 128 valence electrons. The van der Waals surface area contributed by atoms with E-state index in [0.29, 0.717) is 11.5 Å². The molecule has 0 amide bonds. The molecule has 1 aliphatic rings. The molecule has 1 N–H and O–H groups in total. The summed E-state index contributed by atoms with van der Waals surface area (Å²) in [6.45, 7) is 2.08. The molecule has 1 aromatic carbocycles. The van der Waals surface area contributed by atoms with Crippen LogP contribution in [0.2, 0.25) is 0 Å². The van der Waals surface area contributed by atoms with Crippen molar-refractivity contribution in [3.8, 4) is 0 Å². The molecule has 0 bridgehead atoms. The van der Waals surface area contributed by atoms with Crippen LogP contribution in [0.3, 0.4) is 0 Å². The minimum absolute atomic E-state index is 0.311. The predicted molar refractivity (Wildman–Crippen MR) is 93.2 cm³/mol. The maximum atomic E-state index is 11.6. The zero-order valence-corrected chi connectivity index (χ0v) is 14.8. The van der Waals surface area contributed by atoms with Crippen LogP contribution in [0.25, 0.3) is 0 Å². The molecular formula is C17H22N4O2S. The lowest BCUT2D eigenvalue weighted by molar-refractivity contribution is 0.0600. The molecule has 0 atom stereocenters. The van der Waals surface area contributed by atoms with E-state index in [1.54, 1.807) is 17.8 Å². The lowest BCUT2D eigenvalue weighted by Gasteiger charge is -2.21. The molecule has 1 aliphatic heterocycles. The minimum Gasteiger partial charge on any atom is -0.465 e. The Kier molecular flexibility index (Phi) is 5.52. The van der Waals surface area contributed by atoms with E-state index in [1.807, 2.05) is 25.2 Å². The van der Waals surface area contributed by atoms with Crippen molar-refractivity contribution in [2.24, 2.45) is 7.05 Å². The van der Waals surface area contributed by atoms with E-state index >= 15 is 0 Å². The fourth-order valence-corrected chi connectivity index (χ4v) is 3.80. The van der Waals surface area contributed by atoms with Crippen molar-refractivity contribution in [1.29, 1.82) is 0 Å². The van der Waals surface area contributed by atoms with E-state index in [1.165, 1.54) is 7.11 Å². The number of ether oxygens (including phenoxy) is 1. The number of hydrogen-bond acceptors (Lipinski definition) is 6. The highest BCUT2D eigenvalue weighted by Gasteiger charge is 2.21. The van der Waals surface area contributed by atoms with Gasteiger partial charge in [-0.25, -0.2) is 4.79 Å². The molecule has 1 saturated heterocycles. The third-order valence-corrected chi connectivity index (χ3v) is 5.38. The van der Waals surface area contributed by atoms with Gasteiger partial charge >= 0.3 is 5.97 Å². The van der Waals surface area contributed by atoms with Crippen LogP contribution in [-0.4, -0.2) is 40.9 Å². The summed E-state index contributed by atoms with van der Waals surface area (Å²) in [4.78, 5) is 11.6. The first-order valence-corrected chi connectivity index (χ1v) is 9.07. The second-order valence-electron chi connectivity index (χ2n) is 5.90. The maximum absolute atomic E-state index is 11.6. The summed E-state index contributed by atoms with van der Waals surface area (Å²) in [5, 5.41) is 13.0. The van der Waals surface area contributed by atoms with Crippen molar-refractivity contribution in [2.45, 2.75) is 29.7 Å². The summed E-state index contributed by atoms with van der Waals surface area (Å²) < 4.78 is 6.87. The van der Waals surface area contributed by atoms with Gasteiger partial charge in [-0.1, -0.05) is 23.9 Å². The van der Waals surface area contributed by atoms with Gasteiger partial charge in [0.2, 0.25) is 0 Å². The van der Waals surface area contributed by atoms with Crippen molar-refractivity contribution < 1.29 is 9.53 Å². The normalized spacial score (nSPS) is 15.4. The maximum Gasteiger partial charge on any atom is 0.337 e. The van der Waals surface area contributed by atoms with Crippen LogP contribution < -0.4 is 5.32 Å². The van der Waals surface area contributed by atoms with Crippen LogP contribution in [0.5, 0.6) is 0 Å². The van der Waals surface area contributed by atoms with Gasteiger partial charge in [-0.2, -0.15) is 0 Å². The Hall–Kier alpha value is -1.86. The van der Waals surface area contributed by atoms with Crippen LogP contribution in [-0.2, 0) is 17.5 Å². The lowest BCUT2D eigenvalue weighted by Crippen LogP contribution is -2.27. The molecule has 24 heavy (non-hydrogen) atoms. The highest BCUT2D eigenvalue weighted by molar-refractivity contribution is 7.98. The molecule has 1 aromatic heterocycles. The van der Waals surface area contributed by atoms with E-state index in [-0.39, 0.29) is 5.97 Å². The number of methoxy groups -OCH3 is 1. The summed E-state index contributed by atoms with van der Waals surface area (Å²) >= 11 is 1.63. The number of carbonyl (C=O) groups excluding carboxylic acids is 1. The average Bonchev–Trinajstić information content (AvgIpc) is 3.01. The fourth-order valence-electron chi connectivity index (χ4n) is 2.94. The molecule has 0 unspecified atom stereocenters. The van der Waals surface area contributed by atoms with Crippen LogP contribution in [0.4, 0.5) is 0 Å². The Morgan fingerprint density at radius 1 is 1.38 bits per heavy atom. The topological polar surface area (TPSA) is 69.0 Å². The van der Waals surface area contributed by atoms with E-state index in [4.69, 9.17) is 4.74 Å². The summed E-state index contributed by atoms with van der Waals surface area (Å²) in [5.74, 6) is 1.99. The summed E-state index contributed by atoms with van der Waals surface area (Å²) in [6, 6.07) is 7.50. The zero-order valence-electron chi connectivity index (χ0n) is 14.0.